The van der Waals surface area contributed by atoms with Gasteiger partial charge in [-0.25, -0.2) is 0 Å². The second kappa shape index (κ2) is 3.78. The van der Waals surface area contributed by atoms with Gasteiger partial charge in [0.15, 0.2) is 11.9 Å². The highest BCUT2D eigenvalue weighted by atomic mass is 16.5. The van der Waals surface area contributed by atoms with Gasteiger partial charge in [0.1, 0.15) is 6.61 Å². The summed E-state index contributed by atoms with van der Waals surface area (Å²) in [5.74, 6) is 0.549. The second-order valence-electron chi connectivity index (χ2n) is 2.04. The zero-order chi connectivity index (χ0) is 8.10. The molecule has 0 saturated carbocycles. The standard InChI is InChI=1S/C7H10N2O2/c8-3-5-11-7-2-1-4-9(10)6-7/h1-2,4,6H,3,5,8H2. The van der Waals surface area contributed by atoms with E-state index in [1.165, 1.54) is 12.4 Å². The highest BCUT2D eigenvalue weighted by Gasteiger charge is 1.95. The van der Waals surface area contributed by atoms with Crippen LogP contribution in [0.2, 0.25) is 0 Å². The van der Waals surface area contributed by atoms with Crippen LogP contribution in [0.4, 0.5) is 0 Å². The van der Waals surface area contributed by atoms with Gasteiger partial charge in [-0.3, -0.25) is 0 Å². The van der Waals surface area contributed by atoms with Crippen molar-refractivity contribution in [3.05, 3.63) is 29.7 Å². The van der Waals surface area contributed by atoms with Gasteiger partial charge in [0.25, 0.3) is 0 Å². The molecule has 0 fully saturated rings. The van der Waals surface area contributed by atoms with Crippen LogP contribution in [-0.2, 0) is 0 Å². The van der Waals surface area contributed by atoms with E-state index in [0.717, 1.165) is 0 Å². The maximum Gasteiger partial charge on any atom is 0.222 e. The van der Waals surface area contributed by atoms with Crippen LogP contribution in [0.1, 0.15) is 0 Å². The quantitative estimate of drug-likeness (QED) is 0.478. The summed E-state index contributed by atoms with van der Waals surface area (Å²) in [5.41, 5.74) is 5.20. The van der Waals surface area contributed by atoms with Crippen LogP contribution >= 0.6 is 0 Å². The fourth-order valence-corrected chi connectivity index (χ4v) is 0.696. The molecule has 4 heteroatoms. The van der Waals surface area contributed by atoms with Crippen LogP contribution < -0.4 is 15.2 Å². The van der Waals surface area contributed by atoms with E-state index in [2.05, 4.69) is 0 Å². The van der Waals surface area contributed by atoms with Gasteiger partial charge >= 0.3 is 0 Å². The van der Waals surface area contributed by atoms with Gasteiger partial charge in [0.2, 0.25) is 6.20 Å². The minimum Gasteiger partial charge on any atom is -0.619 e. The monoisotopic (exact) mass is 154 g/mol. The predicted molar refractivity (Wildman–Crippen MR) is 40.0 cm³/mol. The third kappa shape index (κ3) is 2.43. The van der Waals surface area contributed by atoms with E-state index in [-0.39, 0.29) is 0 Å². The van der Waals surface area contributed by atoms with Crippen LogP contribution in [0.5, 0.6) is 5.75 Å². The van der Waals surface area contributed by atoms with Gasteiger partial charge < -0.3 is 15.7 Å². The molecule has 0 radical (unpaired) electrons. The first-order chi connectivity index (χ1) is 5.33. The van der Waals surface area contributed by atoms with Crippen molar-refractivity contribution in [3.63, 3.8) is 0 Å². The maximum atomic E-state index is 10.7. The summed E-state index contributed by atoms with van der Waals surface area (Å²) in [5, 5.41) is 10.7. The fourth-order valence-electron chi connectivity index (χ4n) is 0.696. The molecule has 0 bridgehead atoms. The molecule has 1 heterocycles. The Hall–Kier alpha value is -1.29. The second-order valence-corrected chi connectivity index (χ2v) is 2.04. The van der Waals surface area contributed by atoms with Crippen LogP contribution in [0.15, 0.2) is 24.5 Å². The highest BCUT2D eigenvalue weighted by molar-refractivity contribution is 5.12. The van der Waals surface area contributed by atoms with Gasteiger partial charge in [-0.05, 0) is 6.07 Å². The fraction of sp³-hybridized carbons (Fsp3) is 0.286. The predicted octanol–water partition coefficient (Wildman–Crippen LogP) is -0.343. The van der Waals surface area contributed by atoms with Crippen molar-refractivity contribution in [1.82, 2.24) is 0 Å². The topological polar surface area (TPSA) is 62.2 Å². The van der Waals surface area contributed by atoms with Crippen molar-refractivity contribution in [3.8, 4) is 5.75 Å². The van der Waals surface area contributed by atoms with E-state index in [0.29, 0.717) is 23.6 Å². The molecule has 0 aliphatic rings. The van der Waals surface area contributed by atoms with E-state index in [4.69, 9.17) is 10.5 Å². The number of aromatic nitrogens is 1. The average Bonchev–Trinajstić information content (AvgIpc) is 2.01. The Labute approximate surface area is 64.8 Å². The van der Waals surface area contributed by atoms with Crippen molar-refractivity contribution in [2.24, 2.45) is 5.73 Å². The van der Waals surface area contributed by atoms with Crippen molar-refractivity contribution < 1.29 is 9.47 Å². The lowest BCUT2D eigenvalue weighted by atomic mass is 10.5. The molecule has 0 unspecified atom stereocenters. The first-order valence-corrected chi connectivity index (χ1v) is 3.34. The zero-order valence-corrected chi connectivity index (χ0v) is 6.06. The van der Waals surface area contributed by atoms with Crippen molar-refractivity contribution >= 4 is 0 Å². The molecule has 0 aromatic carbocycles. The Morgan fingerprint density at radius 3 is 3.09 bits per heavy atom. The number of hydrogen-bond acceptors (Lipinski definition) is 3. The molecule has 0 atom stereocenters. The van der Waals surface area contributed by atoms with Gasteiger partial charge in [0.05, 0.1) is 0 Å². The number of hydrogen-bond donors (Lipinski definition) is 1. The summed E-state index contributed by atoms with van der Waals surface area (Å²) in [4.78, 5) is 0. The molecule has 1 aromatic rings. The summed E-state index contributed by atoms with van der Waals surface area (Å²) in [6.07, 6.45) is 2.75. The molecule has 0 saturated heterocycles. The summed E-state index contributed by atoms with van der Waals surface area (Å²) < 4.78 is 5.78. The van der Waals surface area contributed by atoms with E-state index in [9.17, 15) is 5.21 Å². The minimum absolute atomic E-state index is 0.435. The molecule has 0 amide bonds. The Balaban J connectivity index is 2.56. The highest BCUT2D eigenvalue weighted by Crippen LogP contribution is 2.03. The average molecular weight is 154 g/mol. The molecule has 11 heavy (non-hydrogen) atoms. The van der Waals surface area contributed by atoms with Crippen LogP contribution in [0.3, 0.4) is 0 Å². The lowest BCUT2D eigenvalue weighted by Crippen LogP contribution is -2.24. The Morgan fingerprint density at radius 2 is 2.45 bits per heavy atom. The number of nitrogens with zero attached hydrogens (tertiary/aromatic N) is 1. The van der Waals surface area contributed by atoms with E-state index >= 15 is 0 Å². The lowest BCUT2D eigenvalue weighted by Gasteiger charge is -2.02. The Kier molecular flexibility index (Phi) is 2.68. The summed E-state index contributed by atoms with van der Waals surface area (Å²) >= 11 is 0. The summed E-state index contributed by atoms with van der Waals surface area (Å²) in [7, 11) is 0. The van der Waals surface area contributed by atoms with Gasteiger partial charge in [-0.2, -0.15) is 4.73 Å². The Bertz CT molecular complexity index is 227. The van der Waals surface area contributed by atoms with E-state index < -0.39 is 0 Å². The smallest absolute Gasteiger partial charge is 0.222 e. The van der Waals surface area contributed by atoms with Crippen LogP contribution in [-0.4, -0.2) is 13.2 Å². The SMILES string of the molecule is NCCOc1ccc[n+]([O-])c1. The number of ether oxygens (including phenoxy) is 1. The molecule has 1 aromatic heterocycles. The van der Waals surface area contributed by atoms with Crippen molar-refractivity contribution in [1.29, 1.82) is 0 Å². The molecule has 0 aliphatic carbocycles. The number of nitrogens with two attached hydrogens (primary N) is 1. The molecule has 2 N–H and O–H groups in total. The summed E-state index contributed by atoms with van der Waals surface area (Å²) in [6.45, 7) is 0.887. The molecule has 4 nitrogen and oxygen atoms in total. The van der Waals surface area contributed by atoms with Crippen molar-refractivity contribution in [2.45, 2.75) is 0 Å². The van der Waals surface area contributed by atoms with Crippen LogP contribution in [0.25, 0.3) is 0 Å². The first kappa shape index (κ1) is 7.81. The number of rotatable bonds is 3. The summed E-state index contributed by atoms with van der Waals surface area (Å²) in [6, 6.07) is 3.34. The molecule has 0 spiro atoms. The van der Waals surface area contributed by atoms with E-state index in [1.807, 2.05) is 0 Å². The molecular formula is C7H10N2O2. The number of pyridine rings is 1. The largest absolute Gasteiger partial charge is 0.619 e. The van der Waals surface area contributed by atoms with E-state index in [1.54, 1.807) is 12.1 Å². The molecule has 60 valence electrons. The Morgan fingerprint density at radius 1 is 1.64 bits per heavy atom. The molecule has 1 rings (SSSR count). The normalized spacial score (nSPS) is 9.55. The van der Waals surface area contributed by atoms with Gasteiger partial charge in [0, 0.05) is 12.6 Å². The first-order valence-electron chi connectivity index (χ1n) is 3.34. The zero-order valence-electron chi connectivity index (χ0n) is 6.06. The molecular weight excluding hydrogens is 144 g/mol. The minimum atomic E-state index is 0.435. The lowest BCUT2D eigenvalue weighted by molar-refractivity contribution is -0.605. The maximum absolute atomic E-state index is 10.7. The third-order valence-corrected chi connectivity index (χ3v) is 1.13. The third-order valence-electron chi connectivity index (χ3n) is 1.13. The van der Waals surface area contributed by atoms with Gasteiger partial charge in [-0.1, -0.05) is 0 Å². The molecule has 0 aliphatic heterocycles. The van der Waals surface area contributed by atoms with Crippen molar-refractivity contribution in [2.75, 3.05) is 13.2 Å². The van der Waals surface area contributed by atoms with Gasteiger partial charge in [-0.15, -0.1) is 0 Å². The van der Waals surface area contributed by atoms with Crippen LogP contribution in [0, 0.1) is 5.21 Å².